The van der Waals surface area contributed by atoms with E-state index >= 15 is 0 Å². The van der Waals surface area contributed by atoms with Crippen molar-refractivity contribution in [3.05, 3.63) is 23.3 Å². The Bertz CT molecular complexity index is 212. The Morgan fingerprint density at radius 2 is 2.08 bits per heavy atom. The van der Waals surface area contributed by atoms with Gasteiger partial charge in [0.1, 0.15) is 0 Å². The Morgan fingerprint density at radius 3 is 2.42 bits per heavy atom. The maximum atomic E-state index is 10.5. The predicted octanol–water partition coefficient (Wildman–Crippen LogP) is 2.76. The number of rotatable bonds is 1. The number of hydrogen-bond donors (Lipinski definition) is 1. The normalized spacial score (nSPS) is 15.2. The van der Waals surface area contributed by atoms with Crippen LogP contribution in [0.25, 0.3) is 0 Å². The molecule has 1 N–H and O–H groups in total. The molecule has 0 aromatic rings. The summed E-state index contributed by atoms with van der Waals surface area (Å²) in [6.45, 7) is 5.87. The van der Waals surface area contributed by atoms with Gasteiger partial charge in [-0.25, -0.2) is 4.79 Å². The van der Waals surface area contributed by atoms with Crippen LogP contribution in [0, 0.1) is 0 Å². The molecule has 0 saturated carbocycles. The third-order valence-corrected chi connectivity index (χ3v) is 1.66. The van der Waals surface area contributed by atoms with E-state index in [1.807, 2.05) is 26.8 Å². The molecule has 0 heterocycles. The van der Waals surface area contributed by atoms with Crippen LogP contribution in [-0.2, 0) is 4.79 Å². The quantitative estimate of drug-likeness (QED) is 0.653. The van der Waals surface area contributed by atoms with Crippen LogP contribution in [0.1, 0.15) is 33.6 Å². The number of carbonyl (C=O) groups is 1. The van der Waals surface area contributed by atoms with Gasteiger partial charge >= 0.3 is 5.97 Å². The van der Waals surface area contributed by atoms with Crippen LogP contribution in [0.15, 0.2) is 23.3 Å². The lowest BCUT2D eigenvalue weighted by Gasteiger charge is -2.06. The summed E-state index contributed by atoms with van der Waals surface area (Å²) in [5, 5.41) is 8.60. The van der Waals surface area contributed by atoms with Gasteiger partial charge in [0.25, 0.3) is 0 Å². The van der Waals surface area contributed by atoms with E-state index in [9.17, 15) is 4.79 Å². The zero-order valence-electron chi connectivity index (χ0n) is 7.92. The molecule has 2 heteroatoms. The van der Waals surface area contributed by atoms with Gasteiger partial charge in [0.05, 0.1) is 5.57 Å². The molecular formula is C10H16O2. The summed E-state index contributed by atoms with van der Waals surface area (Å²) in [4.78, 5) is 10.5. The molecule has 0 fully saturated rings. The van der Waals surface area contributed by atoms with Crippen LogP contribution in [0.2, 0.25) is 0 Å². The fourth-order valence-electron chi connectivity index (χ4n) is 1.03. The van der Waals surface area contributed by atoms with Gasteiger partial charge in [0.2, 0.25) is 0 Å². The van der Waals surface area contributed by atoms with Crippen LogP contribution < -0.4 is 0 Å². The number of aliphatic carboxylic acids is 1. The molecule has 0 aromatic carbocycles. The summed E-state index contributed by atoms with van der Waals surface area (Å²) in [7, 11) is 0. The standard InChI is InChI=1S/C8H10O2.C2H6/c1-6-4-2-3-5-7(6)8(9)10;1-2/h3,5H,2,4H2,1H3,(H,9,10);1-2H3. The highest BCUT2D eigenvalue weighted by Gasteiger charge is 2.09. The third kappa shape index (κ3) is 2.91. The molecular weight excluding hydrogens is 152 g/mol. The maximum absolute atomic E-state index is 10.5. The van der Waals surface area contributed by atoms with Gasteiger partial charge in [-0.2, -0.15) is 0 Å². The zero-order valence-corrected chi connectivity index (χ0v) is 7.92. The zero-order chi connectivity index (χ0) is 9.56. The molecule has 0 atom stereocenters. The molecule has 0 saturated heterocycles. The van der Waals surface area contributed by atoms with Crippen LogP contribution >= 0.6 is 0 Å². The summed E-state index contributed by atoms with van der Waals surface area (Å²) in [6.07, 6.45) is 5.44. The molecule has 0 unspecified atom stereocenters. The summed E-state index contributed by atoms with van der Waals surface area (Å²) < 4.78 is 0. The Morgan fingerprint density at radius 1 is 1.50 bits per heavy atom. The second kappa shape index (κ2) is 5.58. The summed E-state index contributed by atoms with van der Waals surface area (Å²) >= 11 is 0. The van der Waals surface area contributed by atoms with Crippen LogP contribution in [-0.4, -0.2) is 11.1 Å². The number of allylic oxidation sites excluding steroid dienone is 2. The van der Waals surface area contributed by atoms with Crippen molar-refractivity contribution in [2.45, 2.75) is 33.6 Å². The second-order valence-corrected chi connectivity index (χ2v) is 2.44. The highest BCUT2D eigenvalue weighted by atomic mass is 16.4. The summed E-state index contributed by atoms with van der Waals surface area (Å²) in [5.41, 5.74) is 1.45. The first kappa shape index (κ1) is 11.0. The lowest BCUT2D eigenvalue weighted by atomic mass is 9.99. The van der Waals surface area contributed by atoms with Gasteiger partial charge in [-0.3, -0.25) is 0 Å². The minimum Gasteiger partial charge on any atom is -0.478 e. The summed E-state index contributed by atoms with van der Waals surface area (Å²) in [6, 6.07) is 0. The first-order valence-corrected chi connectivity index (χ1v) is 4.31. The van der Waals surface area contributed by atoms with Gasteiger partial charge in [-0.05, 0) is 19.8 Å². The molecule has 1 rings (SSSR count). The smallest absolute Gasteiger partial charge is 0.335 e. The van der Waals surface area contributed by atoms with Gasteiger partial charge in [0, 0.05) is 0 Å². The van der Waals surface area contributed by atoms with Crippen molar-refractivity contribution >= 4 is 5.97 Å². The van der Waals surface area contributed by atoms with E-state index in [4.69, 9.17) is 5.11 Å². The van der Waals surface area contributed by atoms with Crippen molar-refractivity contribution in [3.8, 4) is 0 Å². The van der Waals surface area contributed by atoms with Gasteiger partial charge < -0.3 is 5.11 Å². The largest absolute Gasteiger partial charge is 0.478 e. The SMILES string of the molecule is CC.CC1=C(C(=O)O)C=CCC1. The van der Waals surface area contributed by atoms with E-state index in [-0.39, 0.29) is 0 Å². The van der Waals surface area contributed by atoms with E-state index in [1.54, 1.807) is 6.08 Å². The molecule has 0 amide bonds. The van der Waals surface area contributed by atoms with Crippen molar-refractivity contribution in [1.29, 1.82) is 0 Å². The van der Waals surface area contributed by atoms with E-state index < -0.39 is 5.97 Å². The molecule has 2 nitrogen and oxygen atoms in total. The third-order valence-electron chi connectivity index (χ3n) is 1.66. The Balaban J connectivity index is 0.000000561. The predicted molar refractivity (Wildman–Crippen MR) is 50.1 cm³/mol. The maximum Gasteiger partial charge on any atom is 0.335 e. The first-order chi connectivity index (χ1) is 5.72. The highest BCUT2D eigenvalue weighted by molar-refractivity contribution is 5.90. The van der Waals surface area contributed by atoms with Gasteiger partial charge in [-0.15, -0.1) is 0 Å². The molecule has 68 valence electrons. The minimum atomic E-state index is -0.812. The average Bonchev–Trinajstić information content (AvgIpc) is 2.08. The van der Waals surface area contributed by atoms with Crippen molar-refractivity contribution in [3.63, 3.8) is 0 Å². The van der Waals surface area contributed by atoms with E-state index in [2.05, 4.69) is 0 Å². The molecule has 0 radical (unpaired) electrons. The molecule has 0 aromatic heterocycles. The Hall–Kier alpha value is -1.05. The highest BCUT2D eigenvalue weighted by Crippen LogP contribution is 2.17. The second-order valence-electron chi connectivity index (χ2n) is 2.44. The fourth-order valence-corrected chi connectivity index (χ4v) is 1.03. The summed E-state index contributed by atoms with van der Waals surface area (Å²) in [5.74, 6) is -0.812. The first-order valence-electron chi connectivity index (χ1n) is 4.31. The Labute approximate surface area is 73.6 Å². The molecule has 0 spiro atoms. The average molecular weight is 168 g/mol. The fraction of sp³-hybridized carbons (Fsp3) is 0.500. The number of hydrogen-bond acceptors (Lipinski definition) is 1. The van der Waals surface area contributed by atoms with Crippen LogP contribution in [0.5, 0.6) is 0 Å². The topological polar surface area (TPSA) is 37.3 Å². The molecule has 12 heavy (non-hydrogen) atoms. The van der Waals surface area contributed by atoms with Crippen molar-refractivity contribution in [2.24, 2.45) is 0 Å². The van der Waals surface area contributed by atoms with Crippen LogP contribution in [0.3, 0.4) is 0 Å². The molecule has 1 aliphatic rings. The van der Waals surface area contributed by atoms with E-state index in [1.165, 1.54) is 0 Å². The Kier molecular flexibility index (Phi) is 5.09. The molecule has 0 aliphatic heterocycles. The van der Waals surface area contributed by atoms with Gasteiger partial charge in [0.15, 0.2) is 0 Å². The van der Waals surface area contributed by atoms with E-state index in [0.717, 1.165) is 18.4 Å². The number of carboxylic acid groups (broad SMARTS) is 1. The van der Waals surface area contributed by atoms with Crippen molar-refractivity contribution in [2.75, 3.05) is 0 Å². The lowest BCUT2D eigenvalue weighted by Crippen LogP contribution is -2.03. The lowest BCUT2D eigenvalue weighted by molar-refractivity contribution is -0.132. The van der Waals surface area contributed by atoms with Crippen LogP contribution in [0.4, 0.5) is 0 Å². The van der Waals surface area contributed by atoms with Crippen molar-refractivity contribution < 1.29 is 9.90 Å². The van der Waals surface area contributed by atoms with Gasteiger partial charge in [-0.1, -0.05) is 31.6 Å². The molecule has 1 aliphatic carbocycles. The number of carboxylic acids is 1. The van der Waals surface area contributed by atoms with Crippen molar-refractivity contribution in [1.82, 2.24) is 0 Å². The monoisotopic (exact) mass is 168 g/mol. The van der Waals surface area contributed by atoms with E-state index in [0.29, 0.717) is 5.57 Å². The minimum absolute atomic E-state index is 0.464. The molecule has 0 bridgehead atoms.